The average molecular weight is 906 g/mol. The standard InChI is InChI=1S/C51H64FN7O7/c1-10-43(60)57-27-38(39(52)28-57)48(62)56(8)45(30(3)4)47(61)54-41-24-32-15-12-16-33(23-32)34-19-20-42-36(25-34)37(46(58(42)11-2)35-17-13-21-53-44(35)31(5)65-9)26-51(6,7)29-66-50(64)40-18-14-22-59(55-40)49(41)63/h10,12-13,15-17,19-21,23,25,30-31,38-41,45,55H,1,11,14,18,22,24,26-29H2,2-9H3,(H,54,61)/t31-,38+,39+,40-,41-,45-/m0/s1. The van der Waals surface area contributed by atoms with Crippen molar-refractivity contribution in [3.05, 3.63) is 90.3 Å². The molecule has 352 valence electrons. The predicted octanol–water partition coefficient (Wildman–Crippen LogP) is 6.21. The molecular formula is C51H64FN7O7. The lowest BCUT2D eigenvalue weighted by atomic mass is 9.84. The van der Waals surface area contributed by atoms with Crippen molar-refractivity contribution < 1.29 is 37.8 Å². The molecule has 3 aliphatic rings. The zero-order chi connectivity index (χ0) is 47.6. The zero-order valence-electron chi connectivity index (χ0n) is 39.4. The van der Waals surface area contributed by atoms with Crippen LogP contribution in [0.5, 0.6) is 0 Å². The number of esters is 1. The molecule has 4 aromatic rings. The molecule has 7 rings (SSSR count). The smallest absolute Gasteiger partial charge is 0.324 e. The van der Waals surface area contributed by atoms with Gasteiger partial charge in [0.1, 0.15) is 24.3 Å². The Morgan fingerprint density at radius 2 is 1.85 bits per heavy atom. The number of rotatable bonds is 10. The van der Waals surface area contributed by atoms with Crippen LogP contribution in [-0.2, 0) is 52.8 Å². The molecule has 66 heavy (non-hydrogen) atoms. The average Bonchev–Trinajstić information content (AvgIpc) is 3.85. The molecular weight excluding hydrogens is 842 g/mol. The Balaban J connectivity index is 1.29. The van der Waals surface area contributed by atoms with E-state index in [-0.39, 0.29) is 38.8 Å². The van der Waals surface area contributed by atoms with Gasteiger partial charge in [-0.15, -0.1) is 0 Å². The van der Waals surface area contributed by atoms with Gasteiger partial charge in [-0.1, -0.05) is 64.6 Å². The van der Waals surface area contributed by atoms with Crippen LogP contribution >= 0.6 is 0 Å². The number of nitrogens with zero attached hydrogens (tertiary/aromatic N) is 5. The topological polar surface area (TPSA) is 155 Å². The van der Waals surface area contributed by atoms with Gasteiger partial charge in [-0.05, 0) is 91.6 Å². The molecule has 6 bridgehead atoms. The maximum Gasteiger partial charge on any atom is 0.324 e. The van der Waals surface area contributed by atoms with Crippen molar-refractivity contribution in [3.8, 4) is 22.4 Å². The Bertz CT molecular complexity index is 2500. The number of pyridine rings is 1. The number of ether oxygens (including phenoxy) is 2. The summed E-state index contributed by atoms with van der Waals surface area (Å²) in [7, 11) is 3.13. The number of carbonyl (C=O) groups is 5. The Hall–Kier alpha value is -5.93. The fourth-order valence-corrected chi connectivity index (χ4v) is 9.87. The van der Waals surface area contributed by atoms with E-state index in [0.29, 0.717) is 25.8 Å². The van der Waals surface area contributed by atoms with E-state index in [1.807, 2.05) is 37.3 Å². The summed E-state index contributed by atoms with van der Waals surface area (Å²) < 4.78 is 29.5. The number of hydrazine groups is 1. The van der Waals surface area contributed by atoms with Crippen molar-refractivity contribution in [2.24, 2.45) is 17.3 Å². The number of alkyl halides is 1. The molecule has 3 aliphatic heterocycles. The number of nitrogens with one attached hydrogen (secondary N) is 2. The Labute approximate surface area is 386 Å². The SMILES string of the molecule is C=CC(=O)N1C[C@@H](F)[C@H](C(=O)N(C)[C@H](C(=O)N[C@H]2Cc3cccc(c3)-c3ccc4c(c3)c(c(-c3cccnc3[C@H](C)OC)n4CC)CC(C)(C)COC(=O)[C@@H]3CCCN(N3)C2=O)C(C)C)C1. The van der Waals surface area contributed by atoms with Crippen molar-refractivity contribution in [2.45, 2.75) is 104 Å². The molecule has 5 heterocycles. The number of methoxy groups -OCH3 is 1. The van der Waals surface area contributed by atoms with Crippen LogP contribution in [-0.4, -0.2) is 119 Å². The minimum absolute atomic E-state index is 0.0848. The molecule has 6 atom stereocenters. The Kier molecular flexibility index (Phi) is 14.5. The molecule has 2 N–H and O–H groups in total. The highest BCUT2D eigenvalue weighted by Gasteiger charge is 2.44. The third-order valence-electron chi connectivity index (χ3n) is 13.3. The minimum Gasteiger partial charge on any atom is -0.464 e. The summed E-state index contributed by atoms with van der Waals surface area (Å²) in [5, 5.41) is 5.42. The highest BCUT2D eigenvalue weighted by Crippen LogP contribution is 2.42. The summed E-state index contributed by atoms with van der Waals surface area (Å²) in [6, 6.07) is 15.3. The third kappa shape index (κ3) is 9.78. The summed E-state index contributed by atoms with van der Waals surface area (Å²) in [5.41, 5.74) is 10.2. The lowest BCUT2D eigenvalue weighted by Gasteiger charge is -2.37. The normalized spacial score (nSPS) is 22.1. The third-order valence-corrected chi connectivity index (χ3v) is 13.3. The van der Waals surface area contributed by atoms with Gasteiger partial charge in [0.15, 0.2) is 0 Å². The van der Waals surface area contributed by atoms with Gasteiger partial charge in [0.2, 0.25) is 17.7 Å². The van der Waals surface area contributed by atoms with Gasteiger partial charge in [-0.3, -0.25) is 34.0 Å². The van der Waals surface area contributed by atoms with Crippen molar-refractivity contribution in [1.29, 1.82) is 0 Å². The van der Waals surface area contributed by atoms with E-state index in [1.165, 1.54) is 21.9 Å². The molecule has 0 saturated carbocycles. The second-order valence-corrected chi connectivity index (χ2v) is 19.1. The van der Waals surface area contributed by atoms with Gasteiger partial charge in [0, 0.05) is 68.3 Å². The van der Waals surface area contributed by atoms with E-state index >= 15 is 4.39 Å². The summed E-state index contributed by atoms with van der Waals surface area (Å²) >= 11 is 0. The summed E-state index contributed by atoms with van der Waals surface area (Å²) in [5.74, 6) is -4.23. The molecule has 2 fully saturated rings. The molecule has 2 aromatic carbocycles. The number of cyclic esters (lactones) is 1. The Morgan fingerprint density at radius 1 is 1.09 bits per heavy atom. The fraction of sp³-hybridized carbons (Fsp3) is 0.490. The van der Waals surface area contributed by atoms with Crippen LogP contribution in [0.15, 0.2) is 73.4 Å². The van der Waals surface area contributed by atoms with Crippen LogP contribution in [0.25, 0.3) is 33.3 Å². The molecule has 14 nitrogen and oxygen atoms in total. The van der Waals surface area contributed by atoms with Crippen molar-refractivity contribution in [1.82, 2.24) is 35.1 Å². The van der Waals surface area contributed by atoms with Gasteiger partial charge in [-0.2, -0.15) is 0 Å². The Morgan fingerprint density at radius 3 is 2.56 bits per heavy atom. The molecule has 4 amide bonds. The van der Waals surface area contributed by atoms with Crippen LogP contribution in [0.3, 0.4) is 0 Å². The number of benzene rings is 2. The van der Waals surface area contributed by atoms with Gasteiger partial charge < -0.3 is 29.2 Å². The van der Waals surface area contributed by atoms with E-state index in [4.69, 9.17) is 14.5 Å². The first kappa shape index (κ1) is 48.0. The number of likely N-dealkylation sites (tertiary alicyclic amines) is 1. The first-order chi connectivity index (χ1) is 31.5. The van der Waals surface area contributed by atoms with Gasteiger partial charge >= 0.3 is 5.97 Å². The van der Waals surface area contributed by atoms with E-state index in [0.717, 1.165) is 56.2 Å². The monoisotopic (exact) mass is 905 g/mol. The number of halogens is 1. The largest absolute Gasteiger partial charge is 0.464 e. The highest BCUT2D eigenvalue weighted by atomic mass is 19.1. The van der Waals surface area contributed by atoms with Crippen molar-refractivity contribution >= 4 is 40.5 Å². The molecule has 0 unspecified atom stereocenters. The summed E-state index contributed by atoms with van der Waals surface area (Å²) in [6.45, 7) is 16.0. The van der Waals surface area contributed by atoms with Gasteiger partial charge in [-0.25, -0.2) is 9.82 Å². The number of aromatic nitrogens is 2. The van der Waals surface area contributed by atoms with Gasteiger partial charge in [0.05, 0.1) is 36.6 Å². The second-order valence-electron chi connectivity index (χ2n) is 19.1. The van der Waals surface area contributed by atoms with Crippen molar-refractivity contribution in [3.63, 3.8) is 0 Å². The molecule has 15 heteroatoms. The number of fused-ring (bicyclic) bond motifs is 6. The minimum atomic E-state index is -1.62. The van der Waals surface area contributed by atoms with Crippen LogP contribution in [0.4, 0.5) is 4.39 Å². The first-order valence-electron chi connectivity index (χ1n) is 23.1. The zero-order valence-corrected chi connectivity index (χ0v) is 39.4. The second kappa shape index (κ2) is 19.9. The first-order valence-corrected chi connectivity index (χ1v) is 23.1. The van der Waals surface area contributed by atoms with Crippen LogP contribution < -0.4 is 10.7 Å². The number of amides is 4. The molecule has 0 spiro atoms. The van der Waals surface area contributed by atoms with Crippen molar-refractivity contribution in [2.75, 3.05) is 40.4 Å². The lowest BCUT2D eigenvalue weighted by molar-refractivity contribution is -0.155. The van der Waals surface area contributed by atoms with Crippen LogP contribution in [0, 0.1) is 17.3 Å². The van der Waals surface area contributed by atoms with Crippen LogP contribution in [0.1, 0.15) is 77.3 Å². The lowest BCUT2D eigenvalue weighted by Crippen LogP contribution is -2.62. The van der Waals surface area contributed by atoms with E-state index < -0.39 is 71.1 Å². The van der Waals surface area contributed by atoms with E-state index in [2.05, 4.69) is 66.9 Å². The number of carbonyl (C=O) groups excluding carboxylic acids is 5. The van der Waals surface area contributed by atoms with E-state index in [9.17, 15) is 24.0 Å². The van der Waals surface area contributed by atoms with Crippen LogP contribution in [0.2, 0.25) is 0 Å². The quantitative estimate of drug-likeness (QED) is 0.140. The molecule has 2 aromatic heterocycles. The maximum atomic E-state index is 15.3. The molecule has 0 aliphatic carbocycles. The van der Waals surface area contributed by atoms with Gasteiger partial charge in [0.25, 0.3) is 5.91 Å². The van der Waals surface area contributed by atoms with E-state index in [1.54, 1.807) is 27.2 Å². The highest BCUT2D eigenvalue weighted by molar-refractivity contribution is 5.96. The number of hydrogen-bond donors (Lipinski definition) is 2. The summed E-state index contributed by atoms with van der Waals surface area (Å²) in [6.07, 6.45) is 2.58. The number of likely N-dealkylation sites (N-methyl/N-ethyl adjacent to an activating group) is 1. The number of hydrogen-bond acceptors (Lipinski definition) is 9. The molecule has 2 saturated heterocycles. The fourth-order valence-electron chi connectivity index (χ4n) is 9.87. The maximum absolute atomic E-state index is 15.3. The summed E-state index contributed by atoms with van der Waals surface area (Å²) in [4.78, 5) is 76.5. The predicted molar refractivity (Wildman–Crippen MR) is 250 cm³/mol. The molecule has 0 radical (unpaired) electrons. The number of aryl methyl sites for hydroxylation is 1.